The van der Waals surface area contributed by atoms with Crippen molar-refractivity contribution in [3.05, 3.63) is 35.4 Å². The second-order valence-corrected chi connectivity index (χ2v) is 4.86. The van der Waals surface area contributed by atoms with Gasteiger partial charge in [-0.15, -0.1) is 0 Å². The minimum Gasteiger partial charge on any atom is -0.367 e. The van der Waals surface area contributed by atoms with Gasteiger partial charge in [-0.3, -0.25) is 4.79 Å². The fourth-order valence-electron chi connectivity index (χ4n) is 2.13. The summed E-state index contributed by atoms with van der Waals surface area (Å²) in [7, 11) is 0. The first kappa shape index (κ1) is 13.2. The third-order valence-electron chi connectivity index (χ3n) is 3.60. The molecule has 0 amide bonds. The number of hydrogen-bond acceptors (Lipinski definition) is 3. The zero-order valence-electron chi connectivity index (χ0n) is 11.1. The van der Waals surface area contributed by atoms with E-state index in [4.69, 9.17) is 4.74 Å². The van der Waals surface area contributed by atoms with Gasteiger partial charge in [-0.25, -0.2) is 0 Å². The van der Waals surface area contributed by atoms with Crippen LogP contribution in [0.2, 0.25) is 0 Å². The highest BCUT2D eigenvalue weighted by Gasteiger charge is 2.22. The molecule has 3 heteroatoms. The Morgan fingerprint density at radius 3 is 2.72 bits per heavy atom. The van der Waals surface area contributed by atoms with Crippen molar-refractivity contribution in [3.63, 3.8) is 0 Å². The van der Waals surface area contributed by atoms with E-state index in [2.05, 4.69) is 31.3 Å². The van der Waals surface area contributed by atoms with E-state index in [0.29, 0.717) is 19.1 Å². The third-order valence-corrected chi connectivity index (χ3v) is 3.60. The summed E-state index contributed by atoms with van der Waals surface area (Å²) in [6.45, 7) is 6.43. The Morgan fingerprint density at radius 2 is 2.17 bits per heavy atom. The molecule has 98 valence electrons. The highest BCUT2D eigenvalue weighted by Crippen LogP contribution is 2.19. The number of rotatable bonds is 4. The predicted octanol–water partition coefficient (Wildman–Crippen LogP) is 2.37. The number of carbonyl (C=O) groups is 1. The van der Waals surface area contributed by atoms with E-state index in [0.717, 1.165) is 18.5 Å². The van der Waals surface area contributed by atoms with Crippen LogP contribution in [-0.2, 0) is 4.74 Å². The number of ketones is 1. The molecule has 18 heavy (non-hydrogen) atoms. The molecular weight excluding hydrogens is 226 g/mol. The fraction of sp³-hybridized carbons (Fsp3) is 0.533. The normalized spacial score (nSPS) is 21.6. The van der Waals surface area contributed by atoms with Crippen LogP contribution >= 0.6 is 0 Å². The summed E-state index contributed by atoms with van der Waals surface area (Å²) in [6.07, 6.45) is 0.788. The largest absolute Gasteiger partial charge is 0.367 e. The molecule has 0 saturated carbocycles. The fourth-order valence-corrected chi connectivity index (χ4v) is 2.13. The molecule has 1 N–H and O–H groups in total. The van der Waals surface area contributed by atoms with Crippen LogP contribution in [0.15, 0.2) is 24.3 Å². The second-order valence-electron chi connectivity index (χ2n) is 4.86. The minimum atomic E-state index is -0.326. The summed E-state index contributed by atoms with van der Waals surface area (Å²) in [5.74, 6) is 0.625. The summed E-state index contributed by atoms with van der Waals surface area (Å²) in [5, 5.41) is 3.18. The molecule has 2 unspecified atom stereocenters. The molecule has 1 saturated heterocycles. The van der Waals surface area contributed by atoms with Crippen LogP contribution in [-0.4, -0.2) is 31.6 Å². The van der Waals surface area contributed by atoms with Gasteiger partial charge in [0, 0.05) is 18.7 Å². The van der Waals surface area contributed by atoms with E-state index in [1.54, 1.807) is 0 Å². The minimum absolute atomic E-state index is 0.0814. The van der Waals surface area contributed by atoms with Gasteiger partial charge in [0.1, 0.15) is 6.10 Å². The Bertz CT molecular complexity index is 393. The van der Waals surface area contributed by atoms with Crippen molar-refractivity contribution in [2.75, 3.05) is 19.7 Å². The van der Waals surface area contributed by atoms with Crippen molar-refractivity contribution in [3.8, 4) is 0 Å². The lowest BCUT2D eigenvalue weighted by molar-refractivity contribution is 0.0269. The third kappa shape index (κ3) is 2.98. The molecule has 1 heterocycles. The van der Waals surface area contributed by atoms with Crippen molar-refractivity contribution in [2.45, 2.75) is 32.3 Å². The Kier molecular flexibility index (Phi) is 4.50. The quantitative estimate of drug-likeness (QED) is 0.830. The van der Waals surface area contributed by atoms with Crippen LogP contribution in [0.25, 0.3) is 0 Å². The first-order valence-electron chi connectivity index (χ1n) is 6.69. The molecule has 1 fully saturated rings. The van der Waals surface area contributed by atoms with Crippen molar-refractivity contribution in [1.82, 2.24) is 5.32 Å². The highest BCUT2D eigenvalue weighted by atomic mass is 16.5. The summed E-state index contributed by atoms with van der Waals surface area (Å²) < 4.78 is 5.48. The standard InChI is InChI=1S/C15H21NO2/c1-3-11(2)12-4-6-13(7-5-12)15(17)14-10-16-8-9-18-14/h4-7,11,14,16H,3,8-10H2,1-2H3. The lowest BCUT2D eigenvalue weighted by Crippen LogP contribution is -2.43. The Balaban J connectivity index is 2.06. The molecule has 2 rings (SSSR count). The number of morpholine rings is 1. The number of benzene rings is 1. The molecule has 0 radical (unpaired) electrons. The van der Waals surface area contributed by atoms with Gasteiger partial charge in [-0.05, 0) is 17.9 Å². The molecule has 1 aliphatic heterocycles. The van der Waals surface area contributed by atoms with E-state index in [9.17, 15) is 4.79 Å². The van der Waals surface area contributed by atoms with Gasteiger partial charge in [-0.2, -0.15) is 0 Å². The van der Waals surface area contributed by atoms with Crippen LogP contribution in [0.4, 0.5) is 0 Å². The monoisotopic (exact) mass is 247 g/mol. The summed E-state index contributed by atoms with van der Waals surface area (Å²) >= 11 is 0. The SMILES string of the molecule is CCC(C)c1ccc(C(=O)C2CNCCO2)cc1. The number of Topliss-reactive ketones (excluding diaryl/α,β-unsaturated/α-hetero) is 1. The number of nitrogens with one attached hydrogen (secondary N) is 1. The summed E-state index contributed by atoms with van der Waals surface area (Å²) in [4.78, 5) is 12.2. The summed E-state index contributed by atoms with van der Waals surface area (Å²) in [6, 6.07) is 7.94. The van der Waals surface area contributed by atoms with Gasteiger partial charge < -0.3 is 10.1 Å². The lowest BCUT2D eigenvalue weighted by atomic mass is 9.96. The van der Waals surface area contributed by atoms with Crippen molar-refractivity contribution < 1.29 is 9.53 Å². The van der Waals surface area contributed by atoms with E-state index < -0.39 is 0 Å². The average Bonchev–Trinajstić information content (AvgIpc) is 2.47. The molecule has 0 spiro atoms. The molecule has 1 aromatic carbocycles. The molecule has 0 bridgehead atoms. The lowest BCUT2D eigenvalue weighted by Gasteiger charge is -2.22. The zero-order chi connectivity index (χ0) is 13.0. The molecular formula is C15H21NO2. The first-order chi connectivity index (χ1) is 8.72. The van der Waals surface area contributed by atoms with Crippen LogP contribution in [0.3, 0.4) is 0 Å². The second kappa shape index (κ2) is 6.12. The Labute approximate surface area is 109 Å². The van der Waals surface area contributed by atoms with Gasteiger partial charge >= 0.3 is 0 Å². The van der Waals surface area contributed by atoms with Gasteiger partial charge in [0.05, 0.1) is 6.61 Å². The molecule has 3 nitrogen and oxygen atoms in total. The van der Waals surface area contributed by atoms with E-state index >= 15 is 0 Å². The highest BCUT2D eigenvalue weighted by molar-refractivity contribution is 5.99. The molecule has 0 aliphatic carbocycles. The molecule has 1 aliphatic rings. The number of carbonyl (C=O) groups excluding carboxylic acids is 1. The molecule has 2 atom stereocenters. The van der Waals surface area contributed by atoms with Gasteiger partial charge in [0.25, 0.3) is 0 Å². The van der Waals surface area contributed by atoms with Gasteiger partial charge in [0.15, 0.2) is 5.78 Å². The molecule has 0 aromatic heterocycles. The number of ether oxygens (including phenoxy) is 1. The van der Waals surface area contributed by atoms with Crippen molar-refractivity contribution >= 4 is 5.78 Å². The van der Waals surface area contributed by atoms with Crippen molar-refractivity contribution in [2.24, 2.45) is 0 Å². The van der Waals surface area contributed by atoms with Crippen LogP contribution in [0.5, 0.6) is 0 Å². The Hall–Kier alpha value is -1.19. The average molecular weight is 247 g/mol. The van der Waals surface area contributed by atoms with E-state index in [1.807, 2.05) is 12.1 Å². The maximum Gasteiger partial charge on any atom is 0.192 e. The summed E-state index contributed by atoms with van der Waals surface area (Å²) in [5.41, 5.74) is 2.03. The zero-order valence-corrected chi connectivity index (χ0v) is 11.1. The molecule has 1 aromatic rings. The van der Waals surface area contributed by atoms with Crippen LogP contribution in [0, 0.1) is 0 Å². The maximum absolute atomic E-state index is 12.2. The smallest absolute Gasteiger partial charge is 0.192 e. The number of hydrogen-bond donors (Lipinski definition) is 1. The van der Waals surface area contributed by atoms with Gasteiger partial charge in [-0.1, -0.05) is 38.1 Å². The maximum atomic E-state index is 12.2. The van der Waals surface area contributed by atoms with Crippen molar-refractivity contribution in [1.29, 1.82) is 0 Å². The van der Waals surface area contributed by atoms with E-state index in [-0.39, 0.29) is 11.9 Å². The van der Waals surface area contributed by atoms with Gasteiger partial charge in [0.2, 0.25) is 0 Å². The predicted molar refractivity (Wildman–Crippen MR) is 72.1 cm³/mol. The van der Waals surface area contributed by atoms with Crippen LogP contribution in [0.1, 0.15) is 42.1 Å². The van der Waals surface area contributed by atoms with E-state index in [1.165, 1.54) is 5.56 Å². The topological polar surface area (TPSA) is 38.3 Å². The first-order valence-corrected chi connectivity index (χ1v) is 6.69. The Morgan fingerprint density at radius 1 is 1.44 bits per heavy atom. The van der Waals surface area contributed by atoms with Crippen LogP contribution < -0.4 is 5.32 Å².